The first kappa shape index (κ1) is 11.1. The summed E-state index contributed by atoms with van der Waals surface area (Å²) in [6.45, 7) is 9.21. The fourth-order valence-corrected chi connectivity index (χ4v) is 0.171. The van der Waals surface area contributed by atoms with Gasteiger partial charge in [-0.1, -0.05) is 32.9 Å². The van der Waals surface area contributed by atoms with Crippen LogP contribution in [-0.2, 0) is 0 Å². The van der Waals surface area contributed by atoms with E-state index in [0.717, 1.165) is 0 Å². The zero-order valence-electron chi connectivity index (χ0n) is 6.52. The predicted octanol–water partition coefficient (Wildman–Crippen LogP) is 3.05. The van der Waals surface area contributed by atoms with Crippen LogP contribution in [0.3, 0.4) is 0 Å². The first-order valence-electron chi connectivity index (χ1n) is 3.17. The molecule has 0 bridgehead atoms. The van der Waals surface area contributed by atoms with E-state index in [0.29, 0.717) is 5.76 Å². The van der Waals surface area contributed by atoms with Crippen molar-refractivity contribution in [3.8, 4) is 0 Å². The molecule has 0 unspecified atom stereocenters. The van der Waals surface area contributed by atoms with E-state index in [9.17, 15) is 0 Å². The lowest BCUT2D eigenvalue weighted by Gasteiger charge is -1.76. The third kappa shape index (κ3) is 39.0. The van der Waals surface area contributed by atoms with Gasteiger partial charge in [-0.25, -0.2) is 0 Å². The van der Waals surface area contributed by atoms with E-state index in [2.05, 4.69) is 20.4 Å². The van der Waals surface area contributed by atoms with Crippen LogP contribution in [0.5, 0.6) is 0 Å². The zero-order chi connectivity index (χ0) is 7.70. The highest BCUT2D eigenvalue weighted by Crippen LogP contribution is 1.80. The second-order valence-corrected chi connectivity index (χ2v) is 1.75. The van der Waals surface area contributed by atoms with Gasteiger partial charge in [0.25, 0.3) is 0 Å². The van der Waals surface area contributed by atoms with Gasteiger partial charge in [-0.3, -0.25) is 0 Å². The lowest BCUT2D eigenvalue weighted by molar-refractivity contribution is 0.414. The highest BCUT2D eigenvalue weighted by atomic mass is 16.3. The van der Waals surface area contributed by atoms with Crippen molar-refractivity contribution in [2.75, 3.05) is 0 Å². The van der Waals surface area contributed by atoms with Crippen LogP contribution in [-0.4, -0.2) is 5.11 Å². The van der Waals surface area contributed by atoms with Gasteiger partial charge in [-0.15, -0.1) is 0 Å². The minimum atomic E-state index is 0.296. The molecule has 0 rings (SSSR count). The Morgan fingerprint density at radius 3 is 1.89 bits per heavy atom. The fourth-order valence-electron chi connectivity index (χ4n) is 0.171. The molecule has 0 spiro atoms. The van der Waals surface area contributed by atoms with Gasteiger partial charge in [-0.05, 0) is 13.0 Å². The van der Waals surface area contributed by atoms with Crippen molar-refractivity contribution in [1.82, 2.24) is 0 Å². The van der Waals surface area contributed by atoms with E-state index < -0.39 is 0 Å². The van der Waals surface area contributed by atoms with E-state index in [1.807, 2.05) is 0 Å². The average molecular weight is 128 g/mol. The molecule has 0 fully saturated rings. The molecule has 0 aromatic rings. The number of hydrogen-bond acceptors (Lipinski definition) is 1. The molecule has 9 heavy (non-hydrogen) atoms. The van der Waals surface area contributed by atoms with E-state index in [-0.39, 0.29) is 0 Å². The molecule has 1 nitrogen and oxygen atoms in total. The molecule has 0 saturated heterocycles. The second kappa shape index (κ2) is 10.3. The summed E-state index contributed by atoms with van der Waals surface area (Å²) < 4.78 is 0. The van der Waals surface area contributed by atoms with Gasteiger partial charge in [-0.2, -0.15) is 0 Å². The summed E-state index contributed by atoms with van der Waals surface area (Å²) in [4.78, 5) is 0. The Hall–Kier alpha value is -0.720. The van der Waals surface area contributed by atoms with Crippen molar-refractivity contribution < 1.29 is 5.11 Å². The van der Waals surface area contributed by atoms with Crippen LogP contribution < -0.4 is 0 Å². The van der Waals surface area contributed by atoms with Crippen molar-refractivity contribution in [3.63, 3.8) is 0 Å². The number of aliphatic hydroxyl groups excluding tert-OH is 1. The van der Waals surface area contributed by atoms with Crippen LogP contribution >= 0.6 is 0 Å². The fraction of sp³-hybridized carbons (Fsp3) is 0.500. The summed E-state index contributed by atoms with van der Waals surface area (Å²) in [5, 5.41) is 8.34. The van der Waals surface area contributed by atoms with Gasteiger partial charge in [0.15, 0.2) is 0 Å². The Balaban J connectivity index is 0. The quantitative estimate of drug-likeness (QED) is 0.425. The third-order valence-electron chi connectivity index (χ3n) is 0.359. The molecule has 0 heterocycles. The largest absolute Gasteiger partial charge is 0.513 e. The summed E-state index contributed by atoms with van der Waals surface area (Å²) in [5.74, 6) is 0.296. The van der Waals surface area contributed by atoms with Crippen LogP contribution in [0.1, 0.15) is 27.2 Å². The SMILES string of the molecule is C=C/C=C(\C)O.CCC. The lowest BCUT2D eigenvalue weighted by atomic mass is 10.5. The molecule has 0 aliphatic carbocycles. The van der Waals surface area contributed by atoms with E-state index in [1.54, 1.807) is 6.92 Å². The van der Waals surface area contributed by atoms with Gasteiger partial charge in [0.2, 0.25) is 0 Å². The second-order valence-electron chi connectivity index (χ2n) is 1.75. The summed E-state index contributed by atoms with van der Waals surface area (Å²) in [7, 11) is 0. The molecular formula is C8H16O. The Kier molecular flexibility index (Phi) is 12.7. The maximum atomic E-state index is 8.34. The third-order valence-corrected chi connectivity index (χ3v) is 0.359. The van der Waals surface area contributed by atoms with E-state index in [4.69, 9.17) is 5.11 Å². The Morgan fingerprint density at radius 1 is 1.56 bits per heavy atom. The van der Waals surface area contributed by atoms with Gasteiger partial charge in [0, 0.05) is 0 Å². The number of allylic oxidation sites excluding steroid dienone is 3. The van der Waals surface area contributed by atoms with Gasteiger partial charge in [0.1, 0.15) is 0 Å². The smallest absolute Gasteiger partial charge is 0.0891 e. The Morgan fingerprint density at radius 2 is 1.89 bits per heavy atom. The van der Waals surface area contributed by atoms with Gasteiger partial charge >= 0.3 is 0 Å². The van der Waals surface area contributed by atoms with E-state index >= 15 is 0 Å². The minimum Gasteiger partial charge on any atom is -0.513 e. The van der Waals surface area contributed by atoms with Crippen molar-refractivity contribution in [3.05, 3.63) is 24.5 Å². The molecule has 0 saturated carbocycles. The molecule has 0 aromatic carbocycles. The van der Waals surface area contributed by atoms with Gasteiger partial charge in [0.05, 0.1) is 5.76 Å². The molecule has 1 heteroatoms. The number of rotatable bonds is 1. The van der Waals surface area contributed by atoms with Gasteiger partial charge < -0.3 is 5.11 Å². The van der Waals surface area contributed by atoms with Crippen molar-refractivity contribution in [2.45, 2.75) is 27.2 Å². The molecule has 1 N–H and O–H groups in total. The number of hydrogen-bond donors (Lipinski definition) is 1. The van der Waals surface area contributed by atoms with Crippen LogP contribution in [0.25, 0.3) is 0 Å². The highest BCUT2D eigenvalue weighted by molar-refractivity contribution is 4.99. The molecule has 0 amide bonds. The predicted molar refractivity (Wildman–Crippen MR) is 42.5 cm³/mol. The number of aliphatic hydroxyl groups is 1. The molecule has 0 aromatic heterocycles. The Bertz CT molecular complexity index is 78.6. The van der Waals surface area contributed by atoms with Crippen molar-refractivity contribution in [2.24, 2.45) is 0 Å². The van der Waals surface area contributed by atoms with Crippen molar-refractivity contribution >= 4 is 0 Å². The lowest BCUT2D eigenvalue weighted by Crippen LogP contribution is -1.62. The first-order chi connectivity index (χ1) is 4.18. The topological polar surface area (TPSA) is 20.2 Å². The molecule has 0 atom stereocenters. The first-order valence-corrected chi connectivity index (χ1v) is 3.17. The summed E-state index contributed by atoms with van der Waals surface area (Å²) >= 11 is 0. The zero-order valence-corrected chi connectivity index (χ0v) is 6.52. The molecular weight excluding hydrogens is 112 g/mol. The summed E-state index contributed by atoms with van der Waals surface area (Å²) in [6, 6.07) is 0. The summed E-state index contributed by atoms with van der Waals surface area (Å²) in [5.41, 5.74) is 0. The monoisotopic (exact) mass is 128 g/mol. The summed E-state index contributed by atoms with van der Waals surface area (Å²) in [6.07, 6.45) is 4.31. The average Bonchev–Trinajstić information content (AvgIpc) is 1.67. The standard InChI is InChI=1S/C5H8O.C3H8/c1-3-4-5(2)6;1-3-2/h3-4,6H,1H2,2H3;3H2,1-2H3/b5-4+;. The van der Waals surface area contributed by atoms with E-state index in [1.165, 1.54) is 18.6 Å². The van der Waals surface area contributed by atoms with Crippen LogP contribution in [0.4, 0.5) is 0 Å². The normalized spacial score (nSPS) is 9.44. The molecule has 0 aliphatic heterocycles. The highest BCUT2D eigenvalue weighted by Gasteiger charge is 1.66. The van der Waals surface area contributed by atoms with Crippen molar-refractivity contribution in [1.29, 1.82) is 0 Å². The Labute approximate surface area is 57.7 Å². The molecule has 0 radical (unpaired) electrons. The van der Waals surface area contributed by atoms with Crippen LogP contribution in [0.2, 0.25) is 0 Å². The minimum absolute atomic E-state index is 0.296. The van der Waals surface area contributed by atoms with Crippen LogP contribution in [0.15, 0.2) is 24.5 Å². The molecule has 0 aliphatic rings. The maximum absolute atomic E-state index is 8.34. The maximum Gasteiger partial charge on any atom is 0.0891 e. The van der Waals surface area contributed by atoms with Crippen LogP contribution in [0, 0.1) is 0 Å². The molecule has 54 valence electrons.